The van der Waals surface area contributed by atoms with E-state index in [1.807, 2.05) is 6.20 Å². The Hall–Kier alpha value is -3.13. The van der Waals surface area contributed by atoms with Gasteiger partial charge in [-0.2, -0.15) is 4.39 Å². The van der Waals surface area contributed by atoms with Crippen LogP contribution in [0.15, 0.2) is 54.9 Å². The molecule has 0 bridgehead atoms. The van der Waals surface area contributed by atoms with E-state index < -0.39 is 5.95 Å². The molecule has 170 valence electrons. The zero-order valence-electron chi connectivity index (χ0n) is 18.6. The van der Waals surface area contributed by atoms with Gasteiger partial charge in [0.15, 0.2) is 0 Å². The zero-order valence-corrected chi connectivity index (χ0v) is 18.6. The molecule has 5 rings (SSSR count). The number of hydrogen-bond donors (Lipinski definition) is 2. The van der Waals surface area contributed by atoms with Gasteiger partial charge in [-0.1, -0.05) is 24.3 Å². The van der Waals surface area contributed by atoms with Crippen LogP contribution >= 0.6 is 0 Å². The molecule has 1 fully saturated rings. The first-order chi connectivity index (χ1) is 16.1. The Kier molecular flexibility index (Phi) is 6.17. The molecule has 0 spiro atoms. The van der Waals surface area contributed by atoms with Crippen LogP contribution in [-0.4, -0.2) is 51.3 Å². The van der Waals surface area contributed by atoms with Crippen molar-refractivity contribution < 1.29 is 14.2 Å². The van der Waals surface area contributed by atoms with Crippen molar-refractivity contribution in [2.75, 3.05) is 20.2 Å². The Labute approximate surface area is 192 Å². The van der Waals surface area contributed by atoms with Gasteiger partial charge in [0.25, 0.3) is 0 Å². The lowest BCUT2D eigenvalue weighted by Gasteiger charge is -2.29. The van der Waals surface area contributed by atoms with Gasteiger partial charge in [0, 0.05) is 54.7 Å². The van der Waals surface area contributed by atoms with Crippen molar-refractivity contribution in [1.29, 1.82) is 0 Å². The van der Waals surface area contributed by atoms with Gasteiger partial charge in [-0.15, -0.1) is 0 Å². The minimum absolute atomic E-state index is 0.217. The average molecular weight is 447 g/mol. The SMILES string of the molecule is COCc1[nH]c2ncc(-c3ccc(CN4CCCC(O)C4)cc3)cc2c1-c1ccc(F)nc1. The highest BCUT2D eigenvalue weighted by molar-refractivity contribution is 5.97. The van der Waals surface area contributed by atoms with Gasteiger partial charge in [0.2, 0.25) is 5.95 Å². The second-order valence-electron chi connectivity index (χ2n) is 8.63. The highest BCUT2D eigenvalue weighted by Gasteiger charge is 2.18. The predicted octanol–water partition coefficient (Wildman–Crippen LogP) is 4.53. The highest BCUT2D eigenvalue weighted by Crippen LogP contribution is 2.34. The molecule has 1 saturated heterocycles. The molecule has 4 heterocycles. The van der Waals surface area contributed by atoms with Crippen LogP contribution in [0.1, 0.15) is 24.1 Å². The molecule has 1 aliphatic heterocycles. The zero-order chi connectivity index (χ0) is 22.8. The van der Waals surface area contributed by atoms with Crippen LogP contribution in [0, 0.1) is 5.95 Å². The van der Waals surface area contributed by atoms with Crippen LogP contribution in [-0.2, 0) is 17.9 Å². The van der Waals surface area contributed by atoms with E-state index in [9.17, 15) is 9.50 Å². The van der Waals surface area contributed by atoms with Crippen LogP contribution in [0.5, 0.6) is 0 Å². The normalized spacial score (nSPS) is 17.0. The van der Waals surface area contributed by atoms with Gasteiger partial charge in [-0.3, -0.25) is 4.90 Å². The molecule has 6 nitrogen and oxygen atoms in total. The van der Waals surface area contributed by atoms with Crippen molar-refractivity contribution in [2.45, 2.75) is 32.1 Å². The number of fused-ring (bicyclic) bond motifs is 1. The minimum Gasteiger partial charge on any atom is -0.392 e. The fourth-order valence-corrected chi connectivity index (χ4v) is 4.62. The summed E-state index contributed by atoms with van der Waals surface area (Å²) >= 11 is 0. The number of pyridine rings is 2. The molecule has 1 unspecified atom stereocenters. The molecule has 3 aromatic heterocycles. The lowest BCUT2D eigenvalue weighted by Crippen LogP contribution is -2.37. The maximum atomic E-state index is 13.4. The smallest absolute Gasteiger partial charge is 0.212 e. The fourth-order valence-electron chi connectivity index (χ4n) is 4.62. The second-order valence-corrected chi connectivity index (χ2v) is 8.63. The summed E-state index contributed by atoms with van der Waals surface area (Å²) in [5.74, 6) is -0.509. The molecule has 0 radical (unpaired) electrons. The Balaban J connectivity index is 1.46. The number of aliphatic hydroxyl groups excluding tert-OH is 1. The number of aliphatic hydroxyl groups is 1. The summed E-state index contributed by atoms with van der Waals surface area (Å²) in [7, 11) is 1.64. The molecule has 1 aliphatic rings. The summed E-state index contributed by atoms with van der Waals surface area (Å²) in [5, 5.41) is 10.9. The number of halogens is 1. The summed E-state index contributed by atoms with van der Waals surface area (Å²) < 4.78 is 18.8. The van der Waals surface area contributed by atoms with E-state index in [1.54, 1.807) is 13.2 Å². The van der Waals surface area contributed by atoms with Crippen LogP contribution in [0.4, 0.5) is 4.39 Å². The second kappa shape index (κ2) is 9.39. The summed E-state index contributed by atoms with van der Waals surface area (Å²) in [6.45, 7) is 2.99. The number of rotatable bonds is 6. The van der Waals surface area contributed by atoms with Crippen molar-refractivity contribution in [2.24, 2.45) is 0 Å². The van der Waals surface area contributed by atoms with Crippen molar-refractivity contribution in [3.05, 3.63) is 72.1 Å². The number of nitrogens with one attached hydrogen (secondary N) is 1. The number of aromatic amines is 1. The molecule has 33 heavy (non-hydrogen) atoms. The number of nitrogens with zero attached hydrogens (tertiary/aromatic N) is 3. The van der Waals surface area contributed by atoms with E-state index in [2.05, 4.69) is 50.2 Å². The lowest BCUT2D eigenvalue weighted by molar-refractivity contribution is 0.0668. The van der Waals surface area contributed by atoms with E-state index in [-0.39, 0.29) is 6.10 Å². The van der Waals surface area contributed by atoms with Crippen molar-refractivity contribution in [3.63, 3.8) is 0 Å². The van der Waals surface area contributed by atoms with E-state index in [0.717, 1.165) is 71.5 Å². The molecule has 1 aromatic carbocycles. The van der Waals surface area contributed by atoms with Crippen LogP contribution in [0.25, 0.3) is 33.3 Å². The van der Waals surface area contributed by atoms with E-state index in [0.29, 0.717) is 6.61 Å². The first-order valence-electron chi connectivity index (χ1n) is 11.2. The standard InChI is InChI=1S/C26H27FN4O2/c1-33-16-23-25(19-8-9-24(27)28-12-19)22-11-20(13-29-26(22)30-23)18-6-4-17(5-7-18)14-31-10-2-3-21(32)15-31/h4-9,11-13,21,32H,2-3,10,14-16H2,1H3,(H,29,30). The molecule has 0 amide bonds. The van der Waals surface area contributed by atoms with Gasteiger partial charge in [-0.05, 0) is 48.7 Å². The number of H-pyrrole nitrogens is 1. The van der Waals surface area contributed by atoms with E-state index in [4.69, 9.17) is 4.74 Å². The molecule has 2 N–H and O–H groups in total. The third-order valence-corrected chi connectivity index (χ3v) is 6.21. The van der Waals surface area contributed by atoms with E-state index in [1.165, 1.54) is 17.8 Å². The molecule has 0 saturated carbocycles. The summed E-state index contributed by atoms with van der Waals surface area (Å²) in [6, 6.07) is 13.7. The van der Waals surface area contributed by atoms with Crippen LogP contribution < -0.4 is 0 Å². The van der Waals surface area contributed by atoms with Gasteiger partial charge in [-0.25, -0.2) is 9.97 Å². The highest BCUT2D eigenvalue weighted by atomic mass is 19.1. The van der Waals surface area contributed by atoms with Gasteiger partial charge in [0.05, 0.1) is 18.4 Å². The van der Waals surface area contributed by atoms with Gasteiger partial charge in [0.1, 0.15) is 5.65 Å². The Morgan fingerprint density at radius 1 is 1.09 bits per heavy atom. The first kappa shape index (κ1) is 21.7. The number of β-amino-alcohol motifs (C(OH)–C–C–N with tert-alkyl or cyclic N) is 1. The Morgan fingerprint density at radius 2 is 1.88 bits per heavy atom. The minimum atomic E-state index is -0.509. The third-order valence-electron chi connectivity index (χ3n) is 6.21. The number of methoxy groups -OCH3 is 1. The molecule has 0 aliphatic carbocycles. The molecule has 4 aromatic rings. The van der Waals surface area contributed by atoms with E-state index >= 15 is 0 Å². The van der Waals surface area contributed by atoms with Crippen molar-refractivity contribution in [1.82, 2.24) is 19.9 Å². The van der Waals surface area contributed by atoms with Crippen molar-refractivity contribution >= 4 is 11.0 Å². The Morgan fingerprint density at radius 3 is 2.61 bits per heavy atom. The molecule has 1 atom stereocenters. The lowest BCUT2D eigenvalue weighted by atomic mass is 10.0. The van der Waals surface area contributed by atoms with Crippen LogP contribution in [0.3, 0.4) is 0 Å². The number of likely N-dealkylation sites (tertiary alicyclic amines) is 1. The van der Waals surface area contributed by atoms with Gasteiger partial charge >= 0.3 is 0 Å². The van der Waals surface area contributed by atoms with Crippen LogP contribution in [0.2, 0.25) is 0 Å². The predicted molar refractivity (Wildman–Crippen MR) is 126 cm³/mol. The number of piperidine rings is 1. The molecular formula is C26H27FN4O2. The maximum absolute atomic E-state index is 13.4. The Bertz CT molecular complexity index is 1240. The first-order valence-corrected chi connectivity index (χ1v) is 11.2. The number of ether oxygens (including phenoxy) is 1. The summed E-state index contributed by atoms with van der Waals surface area (Å²) in [4.78, 5) is 14.1. The number of aromatic nitrogens is 3. The topological polar surface area (TPSA) is 74.3 Å². The fraction of sp³-hybridized carbons (Fsp3) is 0.308. The van der Waals surface area contributed by atoms with Gasteiger partial charge < -0.3 is 14.8 Å². The molecule has 7 heteroatoms. The number of hydrogen-bond acceptors (Lipinski definition) is 5. The summed E-state index contributed by atoms with van der Waals surface area (Å²) in [6.07, 6.45) is 5.12. The monoisotopic (exact) mass is 446 g/mol. The number of benzene rings is 1. The average Bonchev–Trinajstić information content (AvgIpc) is 3.18. The summed E-state index contributed by atoms with van der Waals surface area (Å²) in [5.41, 5.74) is 6.67. The third kappa shape index (κ3) is 4.66. The quantitative estimate of drug-likeness (QED) is 0.426. The largest absolute Gasteiger partial charge is 0.392 e. The maximum Gasteiger partial charge on any atom is 0.212 e. The molecular weight excluding hydrogens is 419 g/mol. The van der Waals surface area contributed by atoms with Crippen molar-refractivity contribution in [3.8, 4) is 22.3 Å².